The molecule has 0 spiro atoms. The number of aryl methyl sites for hydroxylation is 1. The molecule has 0 radical (unpaired) electrons. The fraction of sp³-hybridized carbons (Fsp3) is 0.526. The number of rotatable bonds is 6. The van der Waals surface area contributed by atoms with Crippen molar-refractivity contribution in [2.24, 2.45) is 0 Å². The van der Waals surface area contributed by atoms with E-state index in [2.05, 4.69) is 26.6 Å². The van der Waals surface area contributed by atoms with Crippen molar-refractivity contribution in [3.05, 3.63) is 39.6 Å². The predicted molar refractivity (Wildman–Crippen MR) is 100 cm³/mol. The molecule has 4 heterocycles. The predicted octanol–water partition coefficient (Wildman–Crippen LogP) is 3.04. The van der Waals surface area contributed by atoms with Crippen LogP contribution in [0.1, 0.15) is 35.3 Å². The van der Waals surface area contributed by atoms with E-state index in [0.717, 1.165) is 50.2 Å². The number of nitrogens with one attached hydrogen (secondary N) is 1. The standard InChI is InChI=1S/C19H25N3O2S/c23-17-5-3-15-4-6-18(21-19(15)20-17)24-11-2-1-9-22-10-7-14-8-12-25-16(14)13-22/h4,6,8,12,17,23H,1-3,5,7,9-11,13H2,(H,20,21). The second kappa shape index (κ2) is 7.72. The highest BCUT2D eigenvalue weighted by Crippen LogP contribution is 2.25. The molecule has 0 bridgehead atoms. The van der Waals surface area contributed by atoms with Gasteiger partial charge in [-0.25, -0.2) is 0 Å². The number of hydrogen-bond donors (Lipinski definition) is 2. The normalized spacial score (nSPS) is 19.8. The van der Waals surface area contributed by atoms with Gasteiger partial charge in [0.2, 0.25) is 5.88 Å². The molecule has 4 rings (SSSR count). The minimum Gasteiger partial charge on any atom is -0.478 e. The van der Waals surface area contributed by atoms with Gasteiger partial charge in [0.25, 0.3) is 0 Å². The Morgan fingerprint density at radius 2 is 2.20 bits per heavy atom. The molecule has 0 saturated heterocycles. The smallest absolute Gasteiger partial charge is 0.215 e. The SMILES string of the molecule is OC1CCc2ccc(OCCCCN3CCc4ccsc4C3)nc2N1. The van der Waals surface area contributed by atoms with Crippen LogP contribution in [0.3, 0.4) is 0 Å². The number of nitrogens with zero attached hydrogens (tertiary/aromatic N) is 2. The van der Waals surface area contributed by atoms with Crippen LogP contribution in [-0.4, -0.2) is 40.9 Å². The molecule has 2 aliphatic rings. The lowest BCUT2D eigenvalue weighted by atomic mass is 10.1. The highest BCUT2D eigenvalue weighted by molar-refractivity contribution is 7.10. The largest absolute Gasteiger partial charge is 0.478 e. The number of ether oxygens (including phenoxy) is 1. The zero-order valence-electron chi connectivity index (χ0n) is 14.4. The molecule has 0 aliphatic carbocycles. The maximum Gasteiger partial charge on any atom is 0.215 e. The summed E-state index contributed by atoms with van der Waals surface area (Å²) in [6, 6.07) is 6.24. The molecule has 134 valence electrons. The van der Waals surface area contributed by atoms with Crippen LogP contribution in [0.4, 0.5) is 5.82 Å². The molecule has 0 fully saturated rings. The first-order valence-corrected chi connectivity index (χ1v) is 10.0. The summed E-state index contributed by atoms with van der Waals surface area (Å²) in [7, 11) is 0. The molecule has 0 saturated carbocycles. The van der Waals surface area contributed by atoms with Crippen molar-refractivity contribution in [1.29, 1.82) is 0 Å². The van der Waals surface area contributed by atoms with Crippen LogP contribution in [0, 0.1) is 0 Å². The van der Waals surface area contributed by atoms with Crippen LogP contribution < -0.4 is 10.1 Å². The quantitative estimate of drug-likeness (QED) is 0.777. The van der Waals surface area contributed by atoms with Gasteiger partial charge in [0, 0.05) is 24.0 Å². The molecule has 2 aromatic heterocycles. The summed E-state index contributed by atoms with van der Waals surface area (Å²) in [6.45, 7) is 4.09. The first kappa shape index (κ1) is 16.8. The summed E-state index contributed by atoms with van der Waals surface area (Å²) in [4.78, 5) is 8.55. The summed E-state index contributed by atoms with van der Waals surface area (Å²) in [5.74, 6) is 1.40. The number of anilines is 1. The molecular formula is C19H25N3O2S. The zero-order chi connectivity index (χ0) is 17.1. The van der Waals surface area contributed by atoms with Crippen LogP contribution in [0.2, 0.25) is 0 Å². The van der Waals surface area contributed by atoms with E-state index >= 15 is 0 Å². The van der Waals surface area contributed by atoms with Gasteiger partial charge in [0.15, 0.2) is 0 Å². The highest BCUT2D eigenvalue weighted by Gasteiger charge is 2.18. The van der Waals surface area contributed by atoms with Gasteiger partial charge in [0.1, 0.15) is 12.0 Å². The molecule has 5 nitrogen and oxygen atoms in total. The molecule has 2 aromatic rings. The monoisotopic (exact) mass is 359 g/mol. The molecule has 0 aromatic carbocycles. The van der Waals surface area contributed by atoms with E-state index in [1.807, 2.05) is 23.5 Å². The van der Waals surface area contributed by atoms with E-state index in [4.69, 9.17) is 4.74 Å². The van der Waals surface area contributed by atoms with Crippen LogP contribution in [0.15, 0.2) is 23.6 Å². The lowest BCUT2D eigenvalue weighted by molar-refractivity contribution is 0.188. The van der Waals surface area contributed by atoms with Crippen molar-refractivity contribution in [3.63, 3.8) is 0 Å². The number of fused-ring (bicyclic) bond motifs is 2. The lowest BCUT2D eigenvalue weighted by Gasteiger charge is -2.26. The Hall–Kier alpha value is -1.63. The molecule has 25 heavy (non-hydrogen) atoms. The van der Waals surface area contributed by atoms with Crippen LogP contribution >= 0.6 is 11.3 Å². The molecule has 1 atom stereocenters. The second-order valence-corrected chi connectivity index (χ2v) is 7.81. The van der Waals surface area contributed by atoms with E-state index in [-0.39, 0.29) is 0 Å². The summed E-state index contributed by atoms with van der Waals surface area (Å²) in [6.07, 6.45) is 4.46. The second-order valence-electron chi connectivity index (χ2n) is 6.81. The number of hydrogen-bond acceptors (Lipinski definition) is 6. The van der Waals surface area contributed by atoms with Gasteiger partial charge < -0.3 is 15.2 Å². The van der Waals surface area contributed by atoms with Crippen molar-refractivity contribution in [2.45, 2.75) is 44.9 Å². The van der Waals surface area contributed by atoms with Gasteiger partial charge in [-0.05, 0) is 67.3 Å². The Morgan fingerprint density at radius 3 is 3.16 bits per heavy atom. The van der Waals surface area contributed by atoms with E-state index in [9.17, 15) is 5.11 Å². The lowest BCUT2D eigenvalue weighted by Crippen LogP contribution is -2.30. The average molecular weight is 359 g/mol. The maximum absolute atomic E-state index is 9.67. The molecule has 2 N–H and O–H groups in total. The average Bonchev–Trinajstić information content (AvgIpc) is 3.09. The van der Waals surface area contributed by atoms with Gasteiger partial charge >= 0.3 is 0 Å². The third-order valence-electron chi connectivity index (χ3n) is 4.96. The van der Waals surface area contributed by atoms with Crippen molar-refractivity contribution in [2.75, 3.05) is 25.0 Å². The number of aliphatic hydroxyl groups excluding tert-OH is 1. The van der Waals surface area contributed by atoms with Gasteiger partial charge in [-0.3, -0.25) is 4.90 Å². The van der Waals surface area contributed by atoms with Crippen molar-refractivity contribution in [3.8, 4) is 5.88 Å². The first-order chi connectivity index (χ1) is 12.3. The minimum atomic E-state index is -0.497. The number of unbranched alkanes of at least 4 members (excludes halogenated alkanes) is 1. The molecule has 6 heteroatoms. The fourth-order valence-corrected chi connectivity index (χ4v) is 4.47. The van der Waals surface area contributed by atoms with Gasteiger partial charge in [0.05, 0.1) is 6.61 Å². The Labute approximate surface area is 152 Å². The third-order valence-corrected chi connectivity index (χ3v) is 5.91. The van der Waals surface area contributed by atoms with Gasteiger partial charge in [-0.15, -0.1) is 11.3 Å². The number of pyridine rings is 1. The van der Waals surface area contributed by atoms with Crippen molar-refractivity contribution >= 4 is 17.2 Å². The fourth-order valence-electron chi connectivity index (χ4n) is 3.49. The number of thiophene rings is 1. The minimum absolute atomic E-state index is 0.497. The topological polar surface area (TPSA) is 57.6 Å². The zero-order valence-corrected chi connectivity index (χ0v) is 15.2. The van der Waals surface area contributed by atoms with E-state index in [0.29, 0.717) is 12.5 Å². The Bertz CT molecular complexity index is 718. The summed E-state index contributed by atoms with van der Waals surface area (Å²) < 4.78 is 5.79. The van der Waals surface area contributed by atoms with Crippen LogP contribution in [-0.2, 0) is 19.4 Å². The summed E-state index contributed by atoms with van der Waals surface area (Å²) >= 11 is 1.88. The Kier molecular flexibility index (Phi) is 5.20. The van der Waals surface area contributed by atoms with Crippen molar-refractivity contribution < 1.29 is 9.84 Å². The molecular weight excluding hydrogens is 334 g/mol. The maximum atomic E-state index is 9.67. The molecule has 2 aliphatic heterocycles. The summed E-state index contributed by atoms with van der Waals surface area (Å²) in [5.41, 5.74) is 2.69. The summed E-state index contributed by atoms with van der Waals surface area (Å²) in [5, 5.41) is 14.9. The Morgan fingerprint density at radius 1 is 1.24 bits per heavy atom. The molecule has 0 amide bonds. The molecule has 1 unspecified atom stereocenters. The third kappa shape index (κ3) is 4.14. The number of aliphatic hydroxyl groups is 1. The Balaban J connectivity index is 1.18. The van der Waals surface area contributed by atoms with Crippen LogP contribution in [0.25, 0.3) is 0 Å². The van der Waals surface area contributed by atoms with Crippen molar-refractivity contribution in [1.82, 2.24) is 9.88 Å². The van der Waals surface area contributed by atoms with E-state index in [1.54, 1.807) is 5.56 Å². The van der Waals surface area contributed by atoms with E-state index < -0.39 is 6.23 Å². The van der Waals surface area contributed by atoms with E-state index in [1.165, 1.54) is 17.8 Å². The first-order valence-electron chi connectivity index (χ1n) is 9.13. The van der Waals surface area contributed by atoms with Gasteiger partial charge in [-0.2, -0.15) is 4.98 Å². The van der Waals surface area contributed by atoms with Crippen LogP contribution in [0.5, 0.6) is 5.88 Å². The number of aromatic nitrogens is 1. The highest BCUT2D eigenvalue weighted by atomic mass is 32.1. The van der Waals surface area contributed by atoms with Gasteiger partial charge in [-0.1, -0.05) is 0 Å².